The lowest BCUT2D eigenvalue weighted by Crippen LogP contribution is -2.03. The average molecular weight is 294 g/mol. The van der Waals surface area contributed by atoms with E-state index in [1.54, 1.807) is 0 Å². The molecule has 0 aromatic heterocycles. The highest BCUT2D eigenvalue weighted by atomic mass is 14.2. The van der Waals surface area contributed by atoms with Crippen LogP contribution in [0.25, 0.3) is 0 Å². The van der Waals surface area contributed by atoms with Crippen LogP contribution in [0.1, 0.15) is 55.6 Å². The first-order chi connectivity index (χ1) is 10.2. The summed E-state index contributed by atoms with van der Waals surface area (Å²) in [7, 11) is 0. The topological polar surface area (TPSA) is 0 Å². The van der Waals surface area contributed by atoms with E-state index in [9.17, 15) is 0 Å². The first kappa shape index (κ1) is 16.8. The predicted octanol–water partition coefficient (Wildman–Crippen LogP) is 5.94. The van der Waals surface area contributed by atoms with Crippen LogP contribution in [0.3, 0.4) is 0 Å². The van der Waals surface area contributed by atoms with E-state index in [4.69, 9.17) is 0 Å². The molecule has 0 fully saturated rings. The molecule has 0 bridgehead atoms. The van der Waals surface area contributed by atoms with Gasteiger partial charge in [0.25, 0.3) is 0 Å². The third-order valence-electron chi connectivity index (χ3n) is 5.84. The molecule has 0 aliphatic rings. The van der Waals surface area contributed by atoms with Gasteiger partial charge in [0.2, 0.25) is 0 Å². The van der Waals surface area contributed by atoms with Crippen molar-refractivity contribution in [1.82, 2.24) is 0 Å². The Morgan fingerprint density at radius 3 is 1.09 bits per heavy atom. The van der Waals surface area contributed by atoms with Crippen molar-refractivity contribution in [1.29, 1.82) is 0 Å². The highest BCUT2D eigenvalue weighted by Gasteiger charge is 2.10. The first-order valence-corrected chi connectivity index (χ1v) is 8.36. The van der Waals surface area contributed by atoms with E-state index in [0.29, 0.717) is 0 Å². The van der Waals surface area contributed by atoms with Crippen LogP contribution in [0.2, 0.25) is 0 Å². The number of rotatable bonds is 3. The van der Waals surface area contributed by atoms with Crippen LogP contribution in [-0.4, -0.2) is 0 Å². The van der Waals surface area contributed by atoms with E-state index in [0.717, 1.165) is 12.8 Å². The lowest BCUT2D eigenvalue weighted by molar-refractivity contribution is 0.922. The lowest BCUT2D eigenvalue weighted by Gasteiger charge is -2.17. The van der Waals surface area contributed by atoms with Gasteiger partial charge in [-0.15, -0.1) is 0 Å². The van der Waals surface area contributed by atoms with E-state index >= 15 is 0 Å². The van der Waals surface area contributed by atoms with E-state index in [1.165, 1.54) is 55.6 Å². The molecule has 2 aromatic carbocycles. The monoisotopic (exact) mass is 294 g/mol. The number of hydrogen-bond acceptors (Lipinski definition) is 0. The Morgan fingerprint density at radius 2 is 0.773 bits per heavy atom. The molecule has 0 heteroatoms. The summed E-state index contributed by atoms with van der Waals surface area (Å²) in [5.74, 6) is 0. The third kappa shape index (κ3) is 2.97. The van der Waals surface area contributed by atoms with E-state index in [2.05, 4.69) is 67.5 Å². The SMILES string of the molecule is Cc1cc(CCc2cc(C)c(C)c(C)c2C)c(C)c(C)c1C. The Hall–Kier alpha value is -1.56. The molecule has 0 nitrogen and oxygen atoms in total. The highest BCUT2D eigenvalue weighted by Crippen LogP contribution is 2.25. The fraction of sp³-hybridized carbons (Fsp3) is 0.455. The molecule has 0 spiro atoms. The second kappa shape index (κ2) is 6.28. The summed E-state index contributed by atoms with van der Waals surface area (Å²) in [4.78, 5) is 0. The molecule has 118 valence electrons. The lowest BCUT2D eigenvalue weighted by atomic mass is 9.88. The molecule has 2 rings (SSSR count). The molecule has 0 atom stereocenters. The largest absolute Gasteiger partial charge is 0.0555 e. The van der Waals surface area contributed by atoms with Crippen LogP contribution < -0.4 is 0 Å². The molecular formula is C22H30. The number of benzene rings is 2. The minimum atomic E-state index is 1.14. The van der Waals surface area contributed by atoms with E-state index < -0.39 is 0 Å². The Kier molecular flexibility index (Phi) is 4.80. The van der Waals surface area contributed by atoms with Gasteiger partial charge in [-0.25, -0.2) is 0 Å². The maximum absolute atomic E-state index is 2.39. The smallest absolute Gasteiger partial charge is 0.0235 e. The second-order valence-corrected chi connectivity index (χ2v) is 6.96. The quantitative estimate of drug-likeness (QED) is 0.657. The molecule has 0 aliphatic carbocycles. The summed E-state index contributed by atoms with van der Waals surface area (Å²) in [5.41, 5.74) is 14.6. The number of aryl methyl sites for hydroxylation is 4. The Morgan fingerprint density at radius 1 is 0.455 bits per heavy atom. The minimum Gasteiger partial charge on any atom is -0.0555 e. The van der Waals surface area contributed by atoms with Gasteiger partial charge in [-0.05, 0) is 124 Å². The van der Waals surface area contributed by atoms with Crippen LogP contribution in [0.5, 0.6) is 0 Å². The fourth-order valence-corrected chi connectivity index (χ4v) is 3.38. The van der Waals surface area contributed by atoms with Gasteiger partial charge in [0.05, 0.1) is 0 Å². The summed E-state index contributed by atoms with van der Waals surface area (Å²) >= 11 is 0. The van der Waals surface area contributed by atoms with Crippen LogP contribution >= 0.6 is 0 Å². The Labute approximate surface area is 136 Å². The van der Waals surface area contributed by atoms with Crippen molar-refractivity contribution in [3.63, 3.8) is 0 Å². The van der Waals surface area contributed by atoms with Gasteiger partial charge in [-0.1, -0.05) is 12.1 Å². The third-order valence-corrected chi connectivity index (χ3v) is 5.84. The summed E-state index contributed by atoms with van der Waals surface area (Å²) in [6.07, 6.45) is 2.27. The molecule has 0 unspecified atom stereocenters. The van der Waals surface area contributed by atoms with Crippen molar-refractivity contribution in [2.45, 2.75) is 68.2 Å². The molecule has 22 heavy (non-hydrogen) atoms. The minimum absolute atomic E-state index is 1.14. The van der Waals surface area contributed by atoms with Crippen molar-refractivity contribution in [3.05, 3.63) is 67.8 Å². The maximum atomic E-state index is 2.39. The Bertz CT molecular complexity index is 654. The predicted molar refractivity (Wildman–Crippen MR) is 98.2 cm³/mol. The van der Waals surface area contributed by atoms with Crippen LogP contribution in [0.4, 0.5) is 0 Å². The maximum Gasteiger partial charge on any atom is -0.0235 e. The molecule has 0 aliphatic heterocycles. The van der Waals surface area contributed by atoms with Crippen molar-refractivity contribution < 1.29 is 0 Å². The average Bonchev–Trinajstić information content (AvgIpc) is 2.49. The van der Waals surface area contributed by atoms with E-state index in [1.807, 2.05) is 0 Å². The van der Waals surface area contributed by atoms with Crippen LogP contribution in [0, 0.1) is 55.4 Å². The summed E-state index contributed by atoms with van der Waals surface area (Å²) in [6.45, 7) is 18.0. The van der Waals surface area contributed by atoms with Crippen LogP contribution in [-0.2, 0) is 12.8 Å². The molecule has 0 radical (unpaired) electrons. The van der Waals surface area contributed by atoms with Gasteiger partial charge < -0.3 is 0 Å². The molecular weight excluding hydrogens is 264 g/mol. The summed E-state index contributed by atoms with van der Waals surface area (Å²) in [6, 6.07) is 4.78. The van der Waals surface area contributed by atoms with E-state index in [-0.39, 0.29) is 0 Å². The number of hydrogen-bond donors (Lipinski definition) is 0. The molecule has 0 amide bonds. The van der Waals surface area contributed by atoms with Gasteiger partial charge >= 0.3 is 0 Å². The van der Waals surface area contributed by atoms with Crippen LogP contribution in [0.15, 0.2) is 12.1 Å². The Balaban J connectivity index is 2.32. The van der Waals surface area contributed by atoms with Crippen molar-refractivity contribution in [2.24, 2.45) is 0 Å². The molecule has 0 saturated carbocycles. The molecule has 0 N–H and O–H groups in total. The molecule has 2 aromatic rings. The second-order valence-electron chi connectivity index (χ2n) is 6.96. The van der Waals surface area contributed by atoms with Crippen molar-refractivity contribution >= 4 is 0 Å². The normalized spacial score (nSPS) is 11.1. The molecule has 0 heterocycles. The van der Waals surface area contributed by atoms with Crippen molar-refractivity contribution in [2.75, 3.05) is 0 Å². The highest BCUT2D eigenvalue weighted by molar-refractivity contribution is 5.46. The first-order valence-electron chi connectivity index (χ1n) is 8.36. The fourth-order valence-electron chi connectivity index (χ4n) is 3.38. The summed E-state index contributed by atoms with van der Waals surface area (Å²) < 4.78 is 0. The zero-order valence-electron chi connectivity index (χ0n) is 15.6. The van der Waals surface area contributed by atoms with Gasteiger partial charge in [0.1, 0.15) is 0 Å². The van der Waals surface area contributed by atoms with Gasteiger partial charge in [0, 0.05) is 0 Å². The zero-order valence-corrected chi connectivity index (χ0v) is 15.6. The zero-order chi connectivity index (χ0) is 16.6. The summed E-state index contributed by atoms with van der Waals surface area (Å²) in [5, 5.41) is 0. The van der Waals surface area contributed by atoms with Gasteiger partial charge in [-0.3, -0.25) is 0 Å². The van der Waals surface area contributed by atoms with Gasteiger partial charge in [0.15, 0.2) is 0 Å². The van der Waals surface area contributed by atoms with Gasteiger partial charge in [-0.2, -0.15) is 0 Å². The van der Waals surface area contributed by atoms with Crippen molar-refractivity contribution in [3.8, 4) is 0 Å². The standard InChI is InChI=1S/C22H30/c1-13-11-21(19(7)17(5)15(13)3)9-10-22-12-14(2)16(4)18(6)20(22)8/h11-12H,9-10H2,1-8H3. The molecule has 0 saturated heterocycles.